The molecule has 1 N–H and O–H groups in total. The van der Waals surface area contributed by atoms with Crippen molar-refractivity contribution in [3.63, 3.8) is 0 Å². The Labute approximate surface area is 149 Å². The molecular weight excluding hydrogens is 337 g/mol. The Hall–Kier alpha value is -3.33. The number of rotatable bonds is 4. The maximum atomic E-state index is 14.1. The molecule has 0 bridgehead atoms. The normalized spacial score (nSPS) is 17.1. The second-order valence-electron chi connectivity index (χ2n) is 5.86. The molecule has 26 heavy (non-hydrogen) atoms. The van der Waals surface area contributed by atoms with Crippen molar-refractivity contribution in [2.45, 2.75) is 12.8 Å². The van der Waals surface area contributed by atoms with Crippen LogP contribution in [0.4, 0.5) is 4.39 Å². The third kappa shape index (κ3) is 2.88. The lowest BCUT2D eigenvalue weighted by molar-refractivity contribution is 0.103. The molecule has 0 aromatic heterocycles. The third-order valence-electron chi connectivity index (χ3n) is 4.36. The fourth-order valence-electron chi connectivity index (χ4n) is 3.11. The van der Waals surface area contributed by atoms with Gasteiger partial charge in [0.25, 0.3) is 0 Å². The summed E-state index contributed by atoms with van der Waals surface area (Å²) in [4.78, 5) is 12.7. The number of ether oxygens (including phenoxy) is 2. The molecule has 0 saturated heterocycles. The van der Waals surface area contributed by atoms with E-state index in [1.807, 2.05) is 6.07 Å². The highest BCUT2D eigenvalue weighted by Crippen LogP contribution is 2.43. The first-order valence-electron chi connectivity index (χ1n) is 7.93. The van der Waals surface area contributed by atoms with Crippen LogP contribution in [0, 0.1) is 17.1 Å². The topological polar surface area (TPSA) is 79.6 Å². The van der Waals surface area contributed by atoms with Gasteiger partial charge in [0, 0.05) is 17.1 Å². The summed E-state index contributed by atoms with van der Waals surface area (Å²) in [5.41, 5.74) is 1.27. The minimum atomic E-state index is -0.514. The number of aromatic hydroxyl groups is 1. The van der Waals surface area contributed by atoms with E-state index in [4.69, 9.17) is 14.7 Å². The Kier molecular flexibility index (Phi) is 4.63. The predicted molar refractivity (Wildman–Crippen MR) is 92.9 cm³/mol. The molecule has 6 heteroatoms. The maximum absolute atomic E-state index is 14.1. The summed E-state index contributed by atoms with van der Waals surface area (Å²) in [6.45, 7) is 1.61. The van der Waals surface area contributed by atoms with Gasteiger partial charge in [-0.05, 0) is 35.9 Å². The summed E-state index contributed by atoms with van der Waals surface area (Å²) in [6, 6.07) is 9.24. The van der Waals surface area contributed by atoms with Crippen molar-refractivity contribution < 1.29 is 23.8 Å². The lowest BCUT2D eigenvalue weighted by atomic mass is 9.97. The first kappa shape index (κ1) is 17.5. The van der Waals surface area contributed by atoms with Gasteiger partial charge in [-0.2, -0.15) is 5.26 Å². The number of halogens is 1. The first-order chi connectivity index (χ1) is 12.5. The first-order valence-corrected chi connectivity index (χ1v) is 7.93. The van der Waals surface area contributed by atoms with Gasteiger partial charge in [0.1, 0.15) is 17.6 Å². The summed E-state index contributed by atoms with van der Waals surface area (Å²) in [5.74, 6) is -0.786. The van der Waals surface area contributed by atoms with Crippen LogP contribution in [0.1, 0.15) is 34.3 Å². The molecule has 1 aliphatic rings. The van der Waals surface area contributed by atoms with Crippen molar-refractivity contribution in [1.82, 2.24) is 0 Å². The molecule has 132 valence electrons. The number of hydrogen-bond acceptors (Lipinski definition) is 5. The molecule has 0 aliphatic heterocycles. The van der Waals surface area contributed by atoms with Crippen molar-refractivity contribution in [2.24, 2.45) is 0 Å². The van der Waals surface area contributed by atoms with Crippen LogP contribution in [0.15, 0.2) is 35.9 Å². The number of ketones is 1. The van der Waals surface area contributed by atoms with E-state index in [9.17, 15) is 14.3 Å². The number of fused-ring (bicyclic) bond motifs is 1. The molecule has 1 aliphatic carbocycles. The Morgan fingerprint density at radius 1 is 1.31 bits per heavy atom. The van der Waals surface area contributed by atoms with E-state index < -0.39 is 17.5 Å². The highest BCUT2D eigenvalue weighted by atomic mass is 19.1. The predicted octanol–water partition coefficient (Wildman–Crippen LogP) is 3.83. The molecular formula is C20H16FNO4. The van der Waals surface area contributed by atoms with Crippen LogP contribution >= 0.6 is 0 Å². The van der Waals surface area contributed by atoms with Gasteiger partial charge in [-0.25, -0.2) is 4.39 Å². The van der Waals surface area contributed by atoms with Gasteiger partial charge in [0.05, 0.1) is 12.7 Å². The molecule has 3 rings (SSSR count). The number of benzene rings is 2. The molecule has 0 spiro atoms. The van der Waals surface area contributed by atoms with Gasteiger partial charge in [0.2, 0.25) is 0 Å². The highest BCUT2D eigenvalue weighted by Gasteiger charge is 2.36. The number of carbonyl (C=O) groups excluding carboxylic acids is 1. The average molecular weight is 353 g/mol. The van der Waals surface area contributed by atoms with E-state index in [-0.39, 0.29) is 23.5 Å². The fraction of sp³-hybridized carbons (Fsp3) is 0.200. The lowest BCUT2D eigenvalue weighted by Gasteiger charge is -2.10. The molecule has 5 nitrogen and oxygen atoms in total. The van der Waals surface area contributed by atoms with Crippen LogP contribution in [0.3, 0.4) is 0 Å². The van der Waals surface area contributed by atoms with Gasteiger partial charge in [-0.1, -0.05) is 13.0 Å². The molecule has 1 atom stereocenters. The number of hydrogen-bond donors (Lipinski definition) is 1. The van der Waals surface area contributed by atoms with Crippen LogP contribution in [-0.2, 0) is 0 Å². The highest BCUT2D eigenvalue weighted by molar-refractivity contribution is 6.18. The summed E-state index contributed by atoms with van der Waals surface area (Å²) >= 11 is 0. The zero-order valence-corrected chi connectivity index (χ0v) is 14.2. The second-order valence-corrected chi connectivity index (χ2v) is 5.86. The minimum absolute atomic E-state index is 0.0182. The number of nitriles is 1. The SMILES string of the molecule is COc1cc(/C=C2\C(=O)c3c(O)ccc(F)c3[C@H]2C)ccc1OCC#N. The number of allylic oxidation sites excluding steroid dienone is 1. The van der Waals surface area contributed by atoms with E-state index in [1.54, 1.807) is 31.2 Å². The van der Waals surface area contributed by atoms with Crippen molar-refractivity contribution >= 4 is 11.9 Å². The van der Waals surface area contributed by atoms with E-state index >= 15 is 0 Å². The van der Waals surface area contributed by atoms with Gasteiger partial charge in [-0.15, -0.1) is 0 Å². The molecule has 0 amide bonds. The van der Waals surface area contributed by atoms with Crippen LogP contribution in [0.2, 0.25) is 0 Å². The number of phenols is 1. The van der Waals surface area contributed by atoms with Gasteiger partial charge < -0.3 is 14.6 Å². The van der Waals surface area contributed by atoms with Gasteiger partial charge >= 0.3 is 0 Å². The van der Waals surface area contributed by atoms with Gasteiger partial charge in [0.15, 0.2) is 23.9 Å². The minimum Gasteiger partial charge on any atom is -0.507 e. The quantitative estimate of drug-likeness (QED) is 0.845. The Bertz CT molecular complexity index is 959. The van der Waals surface area contributed by atoms with E-state index in [1.165, 1.54) is 13.2 Å². The van der Waals surface area contributed by atoms with Crippen LogP contribution in [0.5, 0.6) is 17.2 Å². The molecule has 0 saturated carbocycles. The van der Waals surface area contributed by atoms with Crippen molar-refractivity contribution in [2.75, 3.05) is 13.7 Å². The monoisotopic (exact) mass is 353 g/mol. The second kappa shape index (κ2) is 6.89. The van der Waals surface area contributed by atoms with Crippen LogP contribution < -0.4 is 9.47 Å². The summed E-state index contributed by atoms with van der Waals surface area (Å²) in [5, 5.41) is 18.6. The molecule has 0 unspecified atom stereocenters. The summed E-state index contributed by atoms with van der Waals surface area (Å²) in [7, 11) is 1.47. The van der Waals surface area contributed by atoms with Crippen molar-refractivity contribution in [3.8, 4) is 23.3 Å². The molecule has 0 fully saturated rings. The van der Waals surface area contributed by atoms with Gasteiger partial charge in [-0.3, -0.25) is 4.79 Å². The number of carbonyl (C=O) groups is 1. The average Bonchev–Trinajstić information content (AvgIpc) is 2.89. The molecule has 2 aromatic rings. The Morgan fingerprint density at radius 3 is 2.73 bits per heavy atom. The Balaban J connectivity index is 2.01. The van der Waals surface area contributed by atoms with E-state index in [0.29, 0.717) is 22.6 Å². The number of nitrogens with zero attached hydrogens (tertiary/aromatic N) is 1. The number of phenolic OH excluding ortho intramolecular Hbond substituents is 1. The van der Waals surface area contributed by atoms with Crippen molar-refractivity contribution in [1.29, 1.82) is 5.26 Å². The van der Waals surface area contributed by atoms with Crippen LogP contribution in [0.25, 0.3) is 6.08 Å². The number of Topliss-reactive ketones (excluding diaryl/α,β-unsaturated/α-hetero) is 1. The standard InChI is InChI=1S/C20H16FNO4/c1-11-13(20(24)19-15(23)5-4-14(21)18(11)19)9-12-3-6-16(26-8-7-22)17(10-12)25-2/h3-6,9-11,23H,8H2,1-2H3/b13-9-/t11-/m0/s1. The molecule has 2 aromatic carbocycles. The summed E-state index contributed by atoms with van der Waals surface area (Å²) < 4.78 is 24.7. The van der Waals surface area contributed by atoms with Crippen LogP contribution in [-0.4, -0.2) is 24.6 Å². The largest absolute Gasteiger partial charge is 0.507 e. The lowest BCUT2D eigenvalue weighted by Crippen LogP contribution is -1.99. The molecule has 0 heterocycles. The summed E-state index contributed by atoms with van der Waals surface area (Å²) in [6.07, 6.45) is 1.64. The zero-order valence-electron chi connectivity index (χ0n) is 14.2. The van der Waals surface area contributed by atoms with E-state index in [0.717, 1.165) is 6.07 Å². The van der Waals surface area contributed by atoms with E-state index in [2.05, 4.69) is 0 Å². The fourth-order valence-corrected chi connectivity index (χ4v) is 3.11. The Morgan fingerprint density at radius 2 is 2.08 bits per heavy atom. The number of methoxy groups -OCH3 is 1. The third-order valence-corrected chi connectivity index (χ3v) is 4.36. The molecule has 0 radical (unpaired) electrons. The van der Waals surface area contributed by atoms with Crippen molar-refractivity contribution in [3.05, 3.63) is 58.4 Å². The zero-order chi connectivity index (χ0) is 18.8. The smallest absolute Gasteiger partial charge is 0.193 e. The maximum Gasteiger partial charge on any atom is 0.193 e.